The van der Waals surface area contributed by atoms with Crippen LogP contribution in [0.2, 0.25) is 0 Å². The van der Waals surface area contributed by atoms with Crippen LogP contribution < -0.4 is 11.5 Å². The summed E-state index contributed by atoms with van der Waals surface area (Å²) in [6, 6.07) is 0. The standard InChI is InChI=1S/C28H46FNO2.2C2H6.C2H2.CH5N/c1-6-18(2)20-11-14-26(4)21(17-20)12-16-28(30)23-9-8-22(19(3)7-10-25(31)32-29)27(23,5)15-13-24(26)28;4*1-2/h6,19-24H,7-17,30H2,1-5H3;2*1-2H3;1-2H;2H2,1H3/b18-6-;;;;/t19-,20?,21?,22?,23?,24?,26?,27?,28?;;;;/m1..../s1. The second-order valence-electron chi connectivity index (χ2n) is 12.7. The van der Waals surface area contributed by atoms with E-state index in [1.165, 1.54) is 64.8 Å². The first kappa shape index (κ1) is 38.6. The Bertz CT molecular complexity index is 798. The molecule has 0 spiro atoms. The van der Waals surface area contributed by atoms with Crippen LogP contribution in [0.1, 0.15) is 133 Å². The summed E-state index contributed by atoms with van der Waals surface area (Å²) in [5, 5.41) is 0. The number of hydrogen-bond donors (Lipinski definition) is 2. The maximum Gasteiger partial charge on any atom is 0.348 e. The van der Waals surface area contributed by atoms with Crippen LogP contribution in [-0.4, -0.2) is 18.6 Å². The molecule has 4 saturated carbocycles. The van der Waals surface area contributed by atoms with Crippen LogP contribution in [0.3, 0.4) is 0 Å². The van der Waals surface area contributed by atoms with Crippen molar-refractivity contribution in [2.75, 3.05) is 7.05 Å². The van der Waals surface area contributed by atoms with Crippen molar-refractivity contribution in [1.29, 1.82) is 0 Å². The third kappa shape index (κ3) is 7.52. The molecule has 0 saturated heterocycles. The summed E-state index contributed by atoms with van der Waals surface area (Å²) in [6.45, 7) is 19.8. The van der Waals surface area contributed by atoms with Gasteiger partial charge in [-0.05, 0) is 131 Å². The van der Waals surface area contributed by atoms with Crippen LogP contribution in [0.4, 0.5) is 4.53 Å². The zero-order valence-corrected chi connectivity index (χ0v) is 27.8. The molecule has 4 fully saturated rings. The summed E-state index contributed by atoms with van der Waals surface area (Å²) in [6.07, 6.45) is 22.6. The number of rotatable bonds is 5. The van der Waals surface area contributed by atoms with Gasteiger partial charge < -0.3 is 11.5 Å². The van der Waals surface area contributed by atoms with Gasteiger partial charge in [-0.3, -0.25) is 4.94 Å². The molecule has 0 amide bonds. The summed E-state index contributed by atoms with van der Waals surface area (Å²) in [5.74, 6) is 3.02. The van der Waals surface area contributed by atoms with Crippen molar-refractivity contribution in [1.82, 2.24) is 0 Å². The maximum atomic E-state index is 12.2. The molecule has 0 aliphatic heterocycles. The van der Waals surface area contributed by atoms with E-state index in [0.29, 0.717) is 35.5 Å². The first-order chi connectivity index (χ1) is 19.1. The molecule has 0 heterocycles. The van der Waals surface area contributed by atoms with Crippen molar-refractivity contribution in [3.8, 4) is 12.8 Å². The van der Waals surface area contributed by atoms with E-state index in [2.05, 4.69) is 64.2 Å². The summed E-state index contributed by atoms with van der Waals surface area (Å²) in [7, 11) is 1.50. The van der Waals surface area contributed by atoms with E-state index < -0.39 is 5.97 Å². The largest absolute Gasteiger partial charge is 0.348 e. The number of nitrogens with two attached hydrogens (primary N) is 2. The van der Waals surface area contributed by atoms with E-state index >= 15 is 0 Å². The minimum atomic E-state index is -0.731. The van der Waals surface area contributed by atoms with Gasteiger partial charge in [0, 0.05) is 16.5 Å². The highest BCUT2D eigenvalue weighted by Gasteiger charge is 2.65. The van der Waals surface area contributed by atoms with E-state index in [1.54, 1.807) is 5.57 Å². The second kappa shape index (κ2) is 17.5. The molecule has 40 heavy (non-hydrogen) atoms. The van der Waals surface area contributed by atoms with Crippen molar-refractivity contribution in [2.24, 2.45) is 57.8 Å². The predicted molar refractivity (Wildman–Crippen MR) is 170 cm³/mol. The van der Waals surface area contributed by atoms with Crippen LogP contribution in [0.5, 0.6) is 0 Å². The molecule has 9 atom stereocenters. The molecule has 4 rings (SSSR count). The van der Waals surface area contributed by atoms with Gasteiger partial charge in [0.15, 0.2) is 0 Å². The zero-order chi connectivity index (χ0) is 31.3. The average Bonchev–Trinajstić information content (AvgIpc) is 3.37. The Morgan fingerprint density at radius 3 is 2.08 bits per heavy atom. The Morgan fingerprint density at radius 1 is 0.975 bits per heavy atom. The molecular formula is C35H65FN2O2. The molecule has 234 valence electrons. The fraction of sp³-hybridized carbons (Fsp3) is 0.857. The highest BCUT2D eigenvalue weighted by molar-refractivity contribution is 5.68. The fourth-order valence-corrected chi connectivity index (χ4v) is 9.68. The van der Waals surface area contributed by atoms with Crippen LogP contribution in [-0.2, 0) is 9.74 Å². The van der Waals surface area contributed by atoms with Gasteiger partial charge in [-0.15, -0.1) is 12.8 Å². The predicted octanol–water partition coefficient (Wildman–Crippen LogP) is 9.03. The lowest BCUT2D eigenvalue weighted by molar-refractivity contribution is -0.184. The molecule has 5 heteroatoms. The summed E-state index contributed by atoms with van der Waals surface area (Å²) >= 11 is 0. The lowest BCUT2D eigenvalue weighted by Gasteiger charge is -2.66. The van der Waals surface area contributed by atoms with Crippen molar-refractivity contribution in [3.63, 3.8) is 0 Å². The maximum absolute atomic E-state index is 12.2. The van der Waals surface area contributed by atoms with Crippen LogP contribution in [0.25, 0.3) is 0 Å². The monoisotopic (exact) mass is 565 g/mol. The topological polar surface area (TPSA) is 78.3 Å². The third-order valence-electron chi connectivity index (χ3n) is 11.6. The molecule has 8 unspecified atom stereocenters. The van der Waals surface area contributed by atoms with Crippen molar-refractivity contribution in [2.45, 2.75) is 138 Å². The highest BCUT2D eigenvalue weighted by atomic mass is 19.3. The van der Waals surface area contributed by atoms with Gasteiger partial charge in [-0.1, -0.05) is 60.1 Å². The molecule has 4 N–H and O–H groups in total. The Balaban J connectivity index is 0.00000175. The molecule has 0 aromatic heterocycles. The average molecular weight is 565 g/mol. The molecule has 0 radical (unpaired) electrons. The number of fused-ring (bicyclic) bond motifs is 5. The molecule has 4 nitrogen and oxygen atoms in total. The minimum Gasteiger partial charge on any atom is -0.333 e. The molecule has 4 aliphatic rings. The number of hydrogen-bond acceptors (Lipinski definition) is 4. The van der Waals surface area contributed by atoms with Gasteiger partial charge in [0.05, 0.1) is 0 Å². The minimum absolute atomic E-state index is 0.0485. The second-order valence-corrected chi connectivity index (χ2v) is 12.7. The number of carbonyl (C=O) groups is 1. The normalized spacial score (nSPS) is 38.3. The van der Waals surface area contributed by atoms with E-state index in [0.717, 1.165) is 11.8 Å². The van der Waals surface area contributed by atoms with Crippen LogP contribution >= 0.6 is 0 Å². The van der Waals surface area contributed by atoms with Gasteiger partial charge in [0.25, 0.3) is 0 Å². The lowest BCUT2D eigenvalue weighted by atomic mass is 9.41. The van der Waals surface area contributed by atoms with Gasteiger partial charge in [0.1, 0.15) is 0 Å². The van der Waals surface area contributed by atoms with Crippen molar-refractivity contribution >= 4 is 5.97 Å². The van der Waals surface area contributed by atoms with Gasteiger partial charge in [0.2, 0.25) is 0 Å². The molecule has 0 aromatic carbocycles. The van der Waals surface area contributed by atoms with Crippen molar-refractivity contribution < 1.29 is 14.3 Å². The van der Waals surface area contributed by atoms with E-state index in [4.69, 9.17) is 5.73 Å². The summed E-state index contributed by atoms with van der Waals surface area (Å²) in [5.41, 5.74) is 14.2. The fourth-order valence-electron chi connectivity index (χ4n) is 9.68. The number of halogens is 1. The lowest BCUT2D eigenvalue weighted by Crippen LogP contribution is -2.68. The van der Waals surface area contributed by atoms with Gasteiger partial charge in [-0.25, -0.2) is 4.79 Å². The van der Waals surface area contributed by atoms with E-state index in [1.807, 2.05) is 27.7 Å². The number of carbonyl (C=O) groups excluding carboxylic acids is 1. The van der Waals surface area contributed by atoms with Gasteiger partial charge in [-0.2, -0.15) is 0 Å². The third-order valence-corrected chi connectivity index (χ3v) is 11.6. The van der Waals surface area contributed by atoms with Crippen LogP contribution in [0, 0.1) is 59.2 Å². The van der Waals surface area contributed by atoms with Crippen LogP contribution in [0.15, 0.2) is 11.6 Å². The zero-order valence-electron chi connectivity index (χ0n) is 27.8. The Kier molecular flexibility index (Phi) is 16.9. The van der Waals surface area contributed by atoms with E-state index in [9.17, 15) is 9.32 Å². The summed E-state index contributed by atoms with van der Waals surface area (Å²) < 4.78 is 12.2. The quantitative estimate of drug-likeness (QED) is 0.258. The van der Waals surface area contributed by atoms with E-state index in [-0.39, 0.29) is 17.4 Å². The number of terminal acetylenes is 1. The Hall–Kier alpha value is -1.38. The SMILES string of the molecule is C#C.C/C=C(/C)C1CCC2(C)C(CCC3(N)C2CCC2(C)C([C@H](C)CCC(=O)OF)CCC23)C1.CC.CC.CN. The van der Waals surface area contributed by atoms with Crippen molar-refractivity contribution in [3.05, 3.63) is 11.6 Å². The molecule has 4 aliphatic carbocycles. The number of allylic oxidation sites excluding steroid dienone is 2. The highest BCUT2D eigenvalue weighted by Crippen LogP contribution is 2.69. The first-order valence-corrected chi connectivity index (χ1v) is 16.2. The summed E-state index contributed by atoms with van der Waals surface area (Å²) in [4.78, 5) is 14.8. The molecule has 0 aromatic rings. The Morgan fingerprint density at radius 2 is 1.52 bits per heavy atom. The first-order valence-electron chi connectivity index (χ1n) is 16.2. The van der Waals surface area contributed by atoms with Gasteiger partial charge >= 0.3 is 5.97 Å². The Labute approximate surface area is 247 Å². The smallest absolute Gasteiger partial charge is 0.333 e. The molecule has 0 bridgehead atoms. The molecular weight excluding hydrogens is 499 g/mol.